The van der Waals surface area contributed by atoms with E-state index in [-0.39, 0.29) is 16.3 Å². The van der Waals surface area contributed by atoms with Crippen molar-refractivity contribution in [2.24, 2.45) is 0 Å². The fraction of sp³-hybridized carbons (Fsp3) is 0.800. The molecule has 14 heavy (non-hydrogen) atoms. The number of rotatable bonds is 6. The van der Waals surface area contributed by atoms with Gasteiger partial charge in [-0.05, 0) is 6.42 Å². The molecule has 0 N–H and O–H groups in total. The van der Waals surface area contributed by atoms with Crippen molar-refractivity contribution < 1.29 is 14.3 Å². The molecule has 0 aromatic heterocycles. The Hall–Kier alpha value is -0.510. The van der Waals surface area contributed by atoms with Gasteiger partial charge in [-0.25, -0.2) is 0 Å². The molecular weight excluding hydrogens is 200 g/mol. The topological polar surface area (TPSA) is 43.4 Å². The molecule has 0 saturated carbocycles. The predicted molar refractivity (Wildman–Crippen MR) is 58.2 cm³/mol. The molecule has 0 rings (SSSR count). The third-order valence-electron chi connectivity index (χ3n) is 1.68. The third-order valence-corrected chi connectivity index (χ3v) is 2.72. The van der Waals surface area contributed by atoms with Crippen molar-refractivity contribution in [2.75, 3.05) is 6.61 Å². The lowest BCUT2D eigenvalue weighted by Gasteiger charge is -2.13. The molecule has 3 nitrogen and oxygen atoms in total. The number of carbonyl (C=O) groups is 2. The van der Waals surface area contributed by atoms with Gasteiger partial charge in [0.05, 0.1) is 0 Å². The number of unbranched alkanes of at least 4 members (excludes halogenated alkanes) is 1. The van der Waals surface area contributed by atoms with Gasteiger partial charge in [-0.1, -0.05) is 31.5 Å². The van der Waals surface area contributed by atoms with Crippen molar-refractivity contribution in [3.8, 4) is 0 Å². The van der Waals surface area contributed by atoms with Gasteiger partial charge in [-0.2, -0.15) is 0 Å². The van der Waals surface area contributed by atoms with Crippen molar-refractivity contribution in [3.63, 3.8) is 0 Å². The highest BCUT2D eigenvalue weighted by molar-refractivity contribution is 8.14. The molecule has 0 bridgehead atoms. The number of ether oxygens (including phenoxy) is 1. The maximum atomic E-state index is 10.9. The van der Waals surface area contributed by atoms with E-state index >= 15 is 0 Å². The molecule has 4 heteroatoms. The van der Waals surface area contributed by atoms with Gasteiger partial charge in [-0.15, -0.1) is 0 Å². The van der Waals surface area contributed by atoms with Crippen LogP contribution >= 0.6 is 11.8 Å². The number of hydrogen-bond acceptors (Lipinski definition) is 4. The minimum absolute atomic E-state index is 0.0817. The highest BCUT2D eigenvalue weighted by atomic mass is 32.2. The monoisotopic (exact) mass is 218 g/mol. The van der Waals surface area contributed by atoms with E-state index in [9.17, 15) is 9.59 Å². The second kappa shape index (κ2) is 7.85. The third kappa shape index (κ3) is 8.10. The molecule has 0 aromatic rings. The standard InChI is InChI=1S/C10H18O3S/c1-4-5-6-10(14-9(3)12)7-13-8(2)11/h10H,4-7H2,1-3H3. The van der Waals surface area contributed by atoms with Crippen LogP contribution in [0, 0.1) is 0 Å². The van der Waals surface area contributed by atoms with Crippen LogP contribution in [0.15, 0.2) is 0 Å². The summed E-state index contributed by atoms with van der Waals surface area (Å²) in [7, 11) is 0. The van der Waals surface area contributed by atoms with Crippen LogP contribution in [0.2, 0.25) is 0 Å². The summed E-state index contributed by atoms with van der Waals surface area (Å²) in [4.78, 5) is 21.5. The van der Waals surface area contributed by atoms with Gasteiger partial charge in [-0.3, -0.25) is 9.59 Å². The van der Waals surface area contributed by atoms with Crippen molar-refractivity contribution in [1.29, 1.82) is 0 Å². The van der Waals surface area contributed by atoms with Gasteiger partial charge >= 0.3 is 5.97 Å². The second-order valence-electron chi connectivity index (χ2n) is 3.18. The van der Waals surface area contributed by atoms with Crippen LogP contribution in [0.5, 0.6) is 0 Å². The summed E-state index contributed by atoms with van der Waals surface area (Å²) in [6.07, 6.45) is 3.08. The van der Waals surface area contributed by atoms with Crippen LogP contribution in [-0.2, 0) is 14.3 Å². The molecule has 0 spiro atoms. The van der Waals surface area contributed by atoms with Crippen LogP contribution in [0.3, 0.4) is 0 Å². The Morgan fingerprint density at radius 3 is 2.43 bits per heavy atom. The van der Waals surface area contributed by atoms with Crippen LogP contribution in [0.25, 0.3) is 0 Å². The molecule has 0 aliphatic carbocycles. The average Bonchev–Trinajstić information content (AvgIpc) is 2.09. The average molecular weight is 218 g/mol. The quantitative estimate of drug-likeness (QED) is 0.642. The first kappa shape index (κ1) is 13.5. The van der Waals surface area contributed by atoms with E-state index in [1.807, 2.05) is 0 Å². The zero-order valence-corrected chi connectivity index (χ0v) is 9.86. The van der Waals surface area contributed by atoms with Crippen molar-refractivity contribution in [2.45, 2.75) is 45.3 Å². The van der Waals surface area contributed by atoms with E-state index in [0.717, 1.165) is 19.3 Å². The summed E-state index contributed by atoms with van der Waals surface area (Å²) < 4.78 is 4.89. The summed E-state index contributed by atoms with van der Waals surface area (Å²) in [5.41, 5.74) is 0. The van der Waals surface area contributed by atoms with E-state index in [1.54, 1.807) is 0 Å². The molecule has 1 unspecified atom stereocenters. The number of esters is 1. The normalized spacial score (nSPS) is 12.2. The Kier molecular flexibility index (Phi) is 7.57. The maximum absolute atomic E-state index is 10.9. The highest BCUT2D eigenvalue weighted by Gasteiger charge is 2.13. The fourth-order valence-corrected chi connectivity index (χ4v) is 1.94. The van der Waals surface area contributed by atoms with Gasteiger partial charge in [0.1, 0.15) is 6.61 Å². The molecule has 0 heterocycles. The molecule has 0 aliphatic heterocycles. The van der Waals surface area contributed by atoms with Crippen LogP contribution in [0.4, 0.5) is 0 Å². The van der Waals surface area contributed by atoms with E-state index in [1.165, 1.54) is 25.6 Å². The summed E-state index contributed by atoms with van der Waals surface area (Å²) in [6, 6.07) is 0. The molecule has 0 radical (unpaired) electrons. The first-order valence-electron chi connectivity index (χ1n) is 4.86. The summed E-state index contributed by atoms with van der Waals surface area (Å²) >= 11 is 1.27. The van der Waals surface area contributed by atoms with Crippen molar-refractivity contribution in [1.82, 2.24) is 0 Å². The highest BCUT2D eigenvalue weighted by Crippen LogP contribution is 2.18. The SMILES string of the molecule is CCCCC(COC(C)=O)SC(C)=O. The predicted octanol–water partition coefficient (Wildman–Crippen LogP) is 2.39. The van der Waals surface area contributed by atoms with Crippen molar-refractivity contribution >= 4 is 22.8 Å². The Labute approximate surface area is 89.6 Å². The Morgan fingerprint density at radius 1 is 1.36 bits per heavy atom. The van der Waals surface area contributed by atoms with Crippen LogP contribution < -0.4 is 0 Å². The van der Waals surface area contributed by atoms with Gasteiger partial charge in [0, 0.05) is 19.1 Å². The van der Waals surface area contributed by atoms with E-state index in [2.05, 4.69) is 6.92 Å². The van der Waals surface area contributed by atoms with Crippen LogP contribution in [-0.4, -0.2) is 22.9 Å². The molecular formula is C10H18O3S. The fourth-order valence-electron chi connectivity index (χ4n) is 1.05. The van der Waals surface area contributed by atoms with Gasteiger partial charge in [0.25, 0.3) is 0 Å². The van der Waals surface area contributed by atoms with E-state index in [4.69, 9.17) is 4.74 Å². The Morgan fingerprint density at radius 2 is 2.00 bits per heavy atom. The Balaban J connectivity index is 3.83. The number of thioether (sulfide) groups is 1. The van der Waals surface area contributed by atoms with Crippen molar-refractivity contribution in [3.05, 3.63) is 0 Å². The second-order valence-corrected chi connectivity index (χ2v) is 4.65. The van der Waals surface area contributed by atoms with Crippen LogP contribution in [0.1, 0.15) is 40.0 Å². The number of carbonyl (C=O) groups excluding carboxylic acids is 2. The molecule has 1 atom stereocenters. The first-order valence-corrected chi connectivity index (χ1v) is 5.74. The smallest absolute Gasteiger partial charge is 0.302 e. The molecule has 0 aliphatic rings. The molecule has 82 valence electrons. The van der Waals surface area contributed by atoms with Gasteiger partial charge in [0.2, 0.25) is 0 Å². The molecule has 0 fully saturated rings. The number of hydrogen-bond donors (Lipinski definition) is 0. The molecule has 0 amide bonds. The lowest BCUT2D eigenvalue weighted by Crippen LogP contribution is -2.16. The molecule has 0 aromatic carbocycles. The summed E-state index contributed by atoms with van der Waals surface area (Å²) in [6.45, 7) is 5.37. The summed E-state index contributed by atoms with van der Waals surface area (Å²) in [5.74, 6) is -0.282. The van der Waals surface area contributed by atoms with Gasteiger partial charge in [0.15, 0.2) is 5.12 Å². The largest absolute Gasteiger partial charge is 0.465 e. The maximum Gasteiger partial charge on any atom is 0.302 e. The van der Waals surface area contributed by atoms with E-state index in [0.29, 0.717) is 6.61 Å². The lowest BCUT2D eigenvalue weighted by atomic mass is 10.2. The first-order chi connectivity index (χ1) is 6.56. The lowest BCUT2D eigenvalue weighted by molar-refractivity contribution is -0.141. The minimum Gasteiger partial charge on any atom is -0.465 e. The van der Waals surface area contributed by atoms with Gasteiger partial charge < -0.3 is 4.74 Å². The van der Waals surface area contributed by atoms with E-state index < -0.39 is 0 Å². The summed E-state index contributed by atoms with van der Waals surface area (Å²) in [5, 5.41) is 0.203. The zero-order chi connectivity index (χ0) is 11.0. The molecule has 0 saturated heterocycles. The zero-order valence-electron chi connectivity index (χ0n) is 9.04. The Bertz CT molecular complexity index is 192. The minimum atomic E-state index is -0.282.